The van der Waals surface area contributed by atoms with Crippen molar-refractivity contribution in [3.05, 3.63) is 29.6 Å². The first kappa shape index (κ1) is 13.4. The van der Waals surface area contributed by atoms with Crippen LogP contribution in [0.25, 0.3) is 0 Å². The summed E-state index contributed by atoms with van der Waals surface area (Å²) in [6, 6.07) is 1.41. The molecule has 1 amide bonds. The van der Waals surface area contributed by atoms with Crippen LogP contribution in [0.5, 0.6) is 0 Å². The number of likely N-dealkylation sites (N-methyl/N-ethyl adjacent to an activating group) is 1. The Morgan fingerprint density at radius 2 is 1.95 bits per heavy atom. The van der Waals surface area contributed by atoms with Crippen LogP contribution in [-0.4, -0.2) is 65.1 Å². The van der Waals surface area contributed by atoms with E-state index in [0.717, 1.165) is 26.2 Å². The Kier molecular flexibility index (Phi) is 4.08. The van der Waals surface area contributed by atoms with Crippen molar-refractivity contribution >= 4 is 11.9 Å². The largest absolute Gasteiger partial charge is 0.478 e. The number of carboxylic acid groups (broad SMARTS) is 1. The van der Waals surface area contributed by atoms with E-state index in [4.69, 9.17) is 5.11 Å². The van der Waals surface area contributed by atoms with Crippen molar-refractivity contribution in [2.75, 3.05) is 33.2 Å². The molecule has 2 rings (SSSR count). The van der Waals surface area contributed by atoms with Gasteiger partial charge in [-0.15, -0.1) is 0 Å². The molecule has 1 saturated heterocycles. The first-order chi connectivity index (χ1) is 9.08. The predicted octanol–water partition coefficient (Wildman–Crippen LogP) is -0.328. The van der Waals surface area contributed by atoms with Crippen LogP contribution in [-0.2, 0) is 0 Å². The molecular formula is C12H16N4O3. The summed E-state index contributed by atoms with van der Waals surface area (Å²) in [5.74, 6) is -1.57. The number of nitrogens with zero attached hydrogens (tertiary/aromatic N) is 3. The highest BCUT2D eigenvalue weighted by Crippen LogP contribution is 2.07. The van der Waals surface area contributed by atoms with E-state index >= 15 is 0 Å². The highest BCUT2D eigenvalue weighted by Gasteiger charge is 2.20. The minimum Gasteiger partial charge on any atom is -0.478 e. The quantitative estimate of drug-likeness (QED) is 0.777. The molecule has 1 fully saturated rings. The molecule has 0 unspecified atom stereocenters. The van der Waals surface area contributed by atoms with Crippen LogP contribution >= 0.6 is 0 Å². The lowest BCUT2D eigenvalue weighted by molar-refractivity contribution is 0.0637. The number of carbonyl (C=O) groups excluding carboxylic acids is 1. The molecule has 1 aliphatic rings. The maximum absolute atomic E-state index is 12.1. The molecule has 2 N–H and O–H groups in total. The minimum absolute atomic E-state index is 0.0888. The van der Waals surface area contributed by atoms with Gasteiger partial charge < -0.3 is 10.0 Å². The Morgan fingerprint density at radius 3 is 2.58 bits per heavy atom. The van der Waals surface area contributed by atoms with E-state index in [0.29, 0.717) is 0 Å². The lowest BCUT2D eigenvalue weighted by Crippen LogP contribution is -2.52. The first-order valence-electron chi connectivity index (χ1n) is 5.99. The zero-order valence-electron chi connectivity index (χ0n) is 10.7. The monoisotopic (exact) mass is 264 g/mol. The topological polar surface area (TPSA) is 85.8 Å². The van der Waals surface area contributed by atoms with Crippen LogP contribution < -0.4 is 5.43 Å². The van der Waals surface area contributed by atoms with Crippen LogP contribution in [0, 0.1) is 0 Å². The Hall–Kier alpha value is -1.99. The zero-order chi connectivity index (χ0) is 13.8. The fraction of sp³-hybridized carbons (Fsp3) is 0.417. The van der Waals surface area contributed by atoms with Gasteiger partial charge in [-0.05, 0) is 13.1 Å². The third kappa shape index (κ3) is 3.27. The van der Waals surface area contributed by atoms with E-state index in [1.54, 1.807) is 5.01 Å². The third-order valence-electron chi connectivity index (χ3n) is 3.06. The number of hydrogen-bond acceptors (Lipinski definition) is 5. The van der Waals surface area contributed by atoms with Crippen LogP contribution in [0.3, 0.4) is 0 Å². The van der Waals surface area contributed by atoms with Crippen LogP contribution in [0.1, 0.15) is 20.7 Å². The number of rotatable bonds is 3. The van der Waals surface area contributed by atoms with Crippen molar-refractivity contribution in [1.29, 1.82) is 0 Å². The molecule has 0 bridgehead atoms. The van der Waals surface area contributed by atoms with Gasteiger partial charge in [0.1, 0.15) is 0 Å². The number of hydrogen-bond donors (Lipinski definition) is 2. The van der Waals surface area contributed by atoms with Gasteiger partial charge in [-0.1, -0.05) is 0 Å². The number of amides is 1. The van der Waals surface area contributed by atoms with E-state index in [9.17, 15) is 9.59 Å². The number of hydrazine groups is 1. The standard InChI is InChI=1S/C12H16N4O3/c1-15-4-6-16(7-5-15)14-11(17)9-2-3-13-8-10(9)12(18)19/h2-3,8H,4-7H2,1H3,(H,14,17)(H,18,19). The molecule has 0 aromatic carbocycles. The number of carboxylic acids is 1. The number of piperazine rings is 1. The second kappa shape index (κ2) is 5.77. The number of nitrogens with one attached hydrogen (secondary N) is 1. The molecule has 2 heterocycles. The van der Waals surface area contributed by atoms with Gasteiger partial charge in [0.25, 0.3) is 5.91 Å². The second-order valence-corrected chi connectivity index (χ2v) is 4.46. The normalized spacial score (nSPS) is 17.1. The summed E-state index contributed by atoms with van der Waals surface area (Å²) in [5.41, 5.74) is 2.77. The molecule has 1 aliphatic heterocycles. The number of carbonyl (C=O) groups is 2. The highest BCUT2D eigenvalue weighted by molar-refractivity contribution is 6.04. The number of pyridine rings is 1. The average Bonchev–Trinajstić information content (AvgIpc) is 2.41. The average molecular weight is 264 g/mol. The van der Waals surface area contributed by atoms with Gasteiger partial charge in [0.2, 0.25) is 0 Å². The summed E-state index contributed by atoms with van der Waals surface area (Å²) in [6.45, 7) is 3.16. The van der Waals surface area contributed by atoms with Crippen molar-refractivity contribution < 1.29 is 14.7 Å². The molecule has 19 heavy (non-hydrogen) atoms. The maximum Gasteiger partial charge on any atom is 0.338 e. The van der Waals surface area contributed by atoms with E-state index in [-0.39, 0.29) is 11.1 Å². The smallest absolute Gasteiger partial charge is 0.338 e. The molecule has 1 aromatic heterocycles. The molecule has 0 radical (unpaired) electrons. The van der Waals surface area contributed by atoms with Gasteiger partial charge in [-0.3, -0.25) is 15.2 Å². The van der Waals surface area contributed by atoms with E-state index in [2.05, 4.69) is 15.3 Å². The van der Waals surface area contributed by atoms with Crippen molar-refractivity contribution in [1.82, 2.24) is 20.3 Å². The SMILES string of the molecule is CN1CCN(NC(=O)c2ccncc2C(=O)O)CC1. The van der Waals surface area contributed by atoms with Gasteiger partial charge in [0.05, 0.1) is 11.1 Å². The van der Waals surface area contributed by atoms with Gasteiger partial charge in [-0.2, -0.15) is 0 Å². The number of aromatic nitrogens is 1. The summed E-state index contributed by atoms with van der Waals surface area (Å²) in [4.78, 5) is 29.0. The Morgan fingerprint density at radius 1 is 1.26 bits per heavy atom. The van der Waals surface area contributed by atoms with E-state index < -0.39 is 11.9 Å². The van der Waals surface area contributed by atoms with E-state index in [1.165, 1.54) is 18.5 Å². The predicted molar refractivity (Wildman–Crippen MR) is 67.7 cm³/mol. The molecule has 0 atom stereocenters. The van der Waals surface area contributed by atoms with Gasteiger partial charge >= 0.3 is 5.97 Å². The van der Waals surface area contributed by atoms with Crippen molar-refractivity contribution in [3.63, 3.8) is 0 Å². The second-order valence-electron chi connectivity index (χ2n) is 4.46. The third-order valence-corrected chi connectivity index (χ3v) is 3.06. The molecule has 0 aliphatic carbocycles. The highest BCUT2D eigenvalue weighted by atomic mass is 16.4. The Balaban J connectivity index is 2.06. The van der Waals surface area contributed by atoms with Crippen molar-refractivity contribution in [3.8, 4) is 0 Å². The lowest BCUT2D eigenvalue weighted by Gasteiger charge is -2.32. The van der Waals surface area contributed by atoms with E-state index in [1.807, 2.05) is 7.05 Å². The fourth-order valence-corrected chi connectivity index (χ4v) is 1.88. The van der Waals surface area contributed by atoms with Crippen molar-refractivity contribution in [2.24, 2.45) is 0 Å². The summed E-state index contributed by atoms with van der Waals surface area (Å²) >= 11 is 0. The van der Waals surface area contributed by atoms with Crippen LogP contribution in [0.4, 0.5) is 0 Å². The molecular weight excluding hydrogens is 248 g/mol. The Labute approximate surface area is 110 Å². The lowest BCUT2D eigenvalue weighted by atomic mass is 10.1. The van der Waals surface area contributed by atoms with Crippen molar-refractivity contribution in [2.45, 2.75) is 0 Å². The summed E-state index contributed by atoms with van der Waals surface area (Å²) in [7, 11) is 2.02. The minimum atomic E-state index is -1.16. The maximum atomic E-state index is 12.1. The first-order valence-corrected chi connectivity index (χ1v) is 5.99. The number of aromatic carboxylic acids is 1. The van der Waals surface area contributed by atoms with Gasteiger partial charge in [0.15, 0.2) is 0 Å². The Bertz CT molecular complexity index is 484. The molecule has 1 aromatic rings. The van der Waals surface area contributed by atoms with Gasteiger partial charge in [-0.25, -0.2) is 9.80 Å². The van der Waals surface area contributed by atoms with Crippen LogP contribution in [0.15, 0.2) is 18.5 Å². The molecule has 0 spiro atoms. The fourth-order valence-electron chi connectivity index (χ4n) is 1.88. The zero-order valence-corrected chi connectivity index (χ0v) is 10.7. The van der Waals surface area contributed by atoms with Crippen LogP contribution in [0.2, 0.25) is 0 Å². The molecule has 7 heteroatoms. The van der Waals surface area contributed by atoms with Gasteiger partial charge in [0, 0.05) is 38.6 Å². The molecule has 7 nitrogen and oxygen atoms in total. The summed E-state index contributed by atoms with van der Waals surface area (Å²) < 4.78 is 0. The summed E-state index contributed by atoms with van der Waals surface area (Å²) in [6.07, 6.45) is 2.59. The molecule has 0 saturated carbocycles. The summed E-state index contributed by atoms with van der Waals surface area (Å²) in [5, 5.41) is 10.8. The molecule has 102 valence electrons.